The van der Waals surface area contributed by atoms with Crippen molar-refractivity contribution in [3.63, 3.8) is 0 Å². The highest BCUT2D eigenvalue weighted by Gasteiger charge is 2.15. The van der Waals surface area contributed by atoms with Crippen molar-refractivity contribution in [1.82, 2.24) is 5.32 Å². The van der Waals surface area contributed by atoms with Crippen molar-refractivity contribution in [2.75, 3.05) is 23.3 Å². The summed E-state index contributed by atoms with van der Waals surface area (Å²) in [5.41, 5.74) is 2.48. The van der Waals surface area contributed by atoms with Crippen LogP contribution < -0.4 is 15.5 Å². The van der Waals surface area contributed by atoms with Gasteiger partial charge in [0.1, 0.15) is 5.82 Å². The first-order valence-corrected chi connectivity index (χ1v) is 8.62. The fourth-order valence-corrected chi connectivity index (χ4v) is 2.88. The molecule has 1 unspecified atom stereocenters. The quantitative estimate of drug-likeness (QED) is 0.679. The molecule has 0 saturated carbocycles. The molecule has 1 atom stereocenters. The lowest BCUT2D eigenvalue weighted by Gasteiger charge is -2.30. The standard InChI is InChI=1S/C18H18Cl2FN3O/c19-12-1-3-13(4-2-12)22-18(25)23-14-7-9-24(10-8-14)15-5-6-16(20)17(21)11-15/h1-7,11,18,22-23,25H,8-10H2. The number of benzene rings is 2. The smallest absolute Gasteiger partial charge is 0.202 e. The Kier molecular flexibility index (Phi) is 5.68. The second-order valence-electron chi connectivity index (χ2n) is 5.72. The van der Waals surface area contributed by atoms with Crippen molar-refractivity contribution in [3.8, 4) is 0 Å². The molecule has 132 valence electrons. The van der Waals surface area contributed by atoms with Crippen LogP contribution in [-0.2, 0) is 0 Å². The Morgan fingerprint density at radius 2 is 1.84 bits per heavy atom. The second-order valence-corrected chi connectivity index (χ2v) is 6.57. The summed E-state index contributed by atoms with van der Waals surface area (Å²) >= 11 is 11.6. The van der Waals surface area contributed by atoms with Gasteiger partial charge < -0.3 is 20.6 Å². The molecule has 1 aliphatic rings. The number of aliphatic hydroxyl groups excluding tert-OH is 1. The lowest BCUT2D eigenvalue weighted by molar-refractivity contribution is 0.176. The third-order valence-corrected chi connectivity index (χ3v) is 4.51. The molecule has 0 aliphatic carbocycles. The topological polar surface area (TPSA) is 47.5 Å². The first-order valence-electron chi connectivity index (χ1n) is 7.87. The van der Waals surface area contributed by atoms with Gasteiger partial charge in [0.2, 0.25) is 6.35 Å². The molecule has 3 N–H and O–H groups in total. The van der Waals surface area contributed by atoms with E-state index in [4.69, 9.17) is 23.2 Å². The van der Waals surface area contributed by atoms with Gasteiger partial charge in [-0.2, -0.15) is 0 Å². The zero-order valence-electron chi connectivity index (χ0n) is 13.3. The van der Waals surface area contributed by atoms with Gasteiger partial charge in [-0.15, -0.1) is 0 Å². The first-order chi connectivity index (χ1) is 12.0. The molecule has 2 aromatic carbocycles. The van der Waals surface area contributed by atoms with E-state index in [1.807, 2.05) is 11.0 Å². The van der Waals surface area contributed by atoms with E-state index < -0.39 is 12.2 Å². The Balaban J connectivity index is 1.55. The second kappa shape index (κ2) is 7.95. The highest BCUT2D eigenvalue weighted by molar-refractivity contribution is 6.31. The molecule has 0 radical (unpaired) electrons. The number of aliphatic hydroxyl groups is 1. The summed E-state index contributed by atoms with van der Waals surface area (Å²) in [6, 6.07) is 11.9. The molecule has 0 fully saturated rings. The van der Waals surface area contributed by atoms with E-state index in [2.05, 4.69) is 10.6 Å². The minimum atomic E-state index is -0.910. The molecule has 1 aliphatic heterocycles. The minimum Gasteiger partial charge on any atom is -0.367 e. The molecule has 4 nitrogen and oxygen atoms in total. The zero-order chi connectivity index (χ0) is 17.8. The number of hydrogen-bond donors (Lipinski definition) is 3. The summed E-state index contributed by atoms with van der Waals surface area (Å²) in [4.78, 5) is 2.05. The van der Waals surface area contributed by atoms with Crippen molar-refractivity contribution in [3.05, 3.63) is 70.1 Å². The van der Waals surface area contributed by atoms with Crippen LogP contribution in [0.1, 0.15) is 6.42 Å². The zero-order valence-corrected chi connectivity index (χ0v) is 14.9. The van der Waals surface area contributed by atoms with E-state index >= 15 is 0 Å². The van der Waals surface area contributed by atoms with Gasteiger partial charge in [-0.05, 0) is 48.5 Å². The third kappa shape index (κ3) is 4.78. The number of nitrogens with one attached hydrogen (secondary N) is 2. The van der Waals surface area contributed by atoms with Gasteiger partial charge in [-0.3, -0.25) is 0 Å². The van der Waals surface area contributed by atoms with Gasteiger partial charge in [0.25, 0.3) is 0 Å². The first kappa shape index (κ1) is 17.9. The van der Waals surface area contributed by atoms with Crippen LogP contribution in [0.2, 0.25) is 10.0 Å². The maximum absolute atomic E-state index is 13.6. The summed E-state index contributed by atoms with van der Waals surface area (Å²) in [6.45, 7) is 1.34. The van der Waals surface area contributed by atoms with E-state index in [0.717, 1.165) is 17.1 Å². The van der Waals surface area contributed by atoms with Crippen molar-refractivity contribution in [2.45, 2.75) is 12.8 Å². The van der Waals surface area contributed by atoms with E-state index in [-0.39, 0.29) is 5.02 Å². The van der Waals surface area contributed by atoms with Gasteiger partial charge >= 0.3 is 0 Å². The summed E-state index contributed by atoms with van der Waals surface area (Å²) in [6.07, 6.45) is 1.78. The number of rotatable bonds is 5. The molecule has 3 rings (SSSR count). The maximum Gasteiger partial charge on any atom is 0.202 e. The predicted molar refractivity (Wildman–Crippen MR) is 101 cm³/mol. The minimum absolute atomic E-state index is 0.120. The van der Waals surface area contributed by atoms with Crippen molar-refractivity contribution >= 4 is 34.6 Å². The Bertz CT molecular complexity index is 767. The van der Waals surface area contributed by atoms with E-state index in [0.29, 0.717) is 24.5 Å². The maximum atomic E-state index is 13.6. The highest BCUT2D eigenvalue weighted by atomic mass is 35.5. The molecule has 1 heterocycles. The highest BCUT2D eigenvalue weighted by Crippen LogP contribution is 2.24. The molecule has 0 spiro atoms. The van der Waals surface area contributed by atoms with Crippen LogP contribution in [-0.4, -0.2) is 24.5 Å². The van der Waals surface area contributed by atoms with Gasteiger partial charge in [0.15, 0.2) is 0 Å². The lowest BCUT2D eigenvalue weighted by Crippen LogP contribution is -2.39. The summed E-state index contributed by atoms with van der Waals surface area (Å²) in [5.74, 6) is -0.422. The summed E-state index contributed by atoms with van der Waals surface area (Å²) in [5, 5.41) is 16.8. The van der Waals surface area contributed by atoms with E-state index in [9.17, 15) is 9.50 Å². The van der Waals surface area contributed by atoms with Crippen LogP contribution in [0.3, 0.4) is 0 Å². The van der Waals surface area contributed by atoms with Gasteiger partial charge in [-0.1, -0.05) is 23.2 Å². The fraction of sp³-hybridized carbons (Fsp3) is 0.222. The Morgan fingerprint density at radius 3 is 2.48 bits per heavy atom. The van der Waals surface area contributed by atoms with Gasteiger partial charge in [0, 0.05) is 41.6 Å². The molecular weight excluding hydrogens is 364 g/mol. The molecule has 0 amide bonds. The summed E-state index contributed by atoms with van der Waals surface area (Å²) < 4.78 is 13.6. The van der Waals surface area contributed by atoms with Crippen molar-refractivity contribution < 1.29 is 9.50 Å². The van der Waals surface area contributed by atoms with Crippen LogP contribution in [0.15, 0.2) is 54.2 Å². The van der Waals surface area contributed by atoms with Crippen LogP contribution in [0.4, 0.5) is 15.8 Å². The Morgan fingerprint density at radius 1 is 1.08 bits per heavy atom. The molecule has 0 saturated heterocycles. The normalized spacial score (nSPS) is 15.5. The number of anilines is 2. The summed E-state index contributed by atoms with van der Waals surface area (Å²) in [7, 11) is 0. The molecule has 0 aromatic heterocycles. The molecular formula is C18H18Cl2FN3O. The van der Waals surface area contributed by atoms with Crippen LogP contribution in [0.25, 0.3) is 0 Å². The van der Waals surface area contributed by atoms with Crippen LogP contribution >= 0.6 is 23.2 Å². The number of hydrogen-bond acceptors (Lipinski definition) is 4. The molecule has 7 heteroatoms. The SMILES string of the molecule is OC(NC1=CCN(c2ccc(Cl)c(F)c2)CC1)Nc1ccc(Cl)cc1. The molecule has 2 aromatic rings. The fourth-order valence-electron chi connectivity index (χ4n) is 2.63. The average Bonchev–Trinajstić information content (AvgIpc) is 2.60. The average molecular weight is 382 g/mol. The van der Waals surface area contributed by atoms with Crippen molar-refractivity contribution in [2.24, 2.45) is 0 Å². The number of nitrogens with zero attached hydrogens (tertiary/aromatic N) is 1. The van der Waals surface area contributed by atoms with Gasteiger partial charge in [-0.25, -0.2) is 4.39 Å². The third-order valence-electron chi connectivity index (χ3n) is 3.95. The molecule has 25 heavy (non-hydrogen) atoms. The largest absolute Gasteiger partial charge is 0.367 e. The Labute approximate surface area is 155 Å². The van der Waals surface area contributed by atoms with Crippen LogP contribution in [0, 0.1) is 5.82 Å². The van der Waals surface area contributed by atoms with E-state index in [1.54, 1.807) is 36.4 Å². The van der Waals surface area contributed by atoms with Gasteiger partial charge in [0.05, 0.1) is 5.02 Å². The van der Waals surface area contributed by atoms with Crippen molar-refractivity contribution in [1.29, 1.82) is 0 Å². The lowest BCUT2D eigenvalue weighted by atomic mass is 10.1. The van der Waals surface area contributed by atoms with E-state index in [1.165, 1.54) is 6.07 Å². The molecule has 0 bridgehead atoms. The number of halogens is 3. The monoisotopic (exact) mass is 381 g/mol. The van der Waals surface area contributed by atoms with Crippen LogP contribution in [0.5, 0.6) is 0 Å². The Hall–Kier alpha value is -1.95. The predicted octanol–water partition coefficient (Wildman–Crippen LogP) is 4.20.